The van der Waals surface area contributed by atoms with Crippen molar-refractivity contribution in [3.8, 4) is 5.75 Å². The second-order valence-electron chi connectivity index (χ2n) is 6.23. The number of aliphatic hydroxyl groups excluding tert-OH is 1. The lowest BCUT2D eigenvalue weighted by Crippen LogP contribution is -2.38. The molecule has 2 aromatic rings. The van der Waals surface area contributed by atoms with Crippen LogP contribution < -0.4 is 15.4 Å². The molecule has 0 saturated carbocycles. The Balaban J connectivity index is 1.79. The zero-order chi connectivity index (χ0) is 17.5. The van der Waals surface area contributed by atoms with Gasteiger partial charge in [-0.05, 0) is 36.5 Å². The number of H-pyrrole nitrogens is 1. The second kappa shape index (κ2) is 8.59. The zero-order valence-corrected chi connectivity index (χ0v) is 14.6. The van der Waals surface area contributed by atoms with E-state index in [1.807, 2.05) is 38.2 Å². The monoisotopic (exact) mass is 333 g/mol. The molecule has 1 unspecified atom stereocenters. The highest BCUT2D eigenvalue weighted by Gasteiger charge is 2.11. The molecule has 0 fully saturated rings. The standard InChI is InChI=1S/C18H27N3O3/c1-12(2)15(22)8-10-20-18(23)19-9-7-13-11-21-14-5-4-6-16(24-3)17(13)14/h4-6,11-12,15,21-22H,7-10H2,1-3H3,(H2,19,20,23). The van der Waals surface area contributed by atoms with Gasteiger partial charge >= 0.3 is 6.03 Å². The number of ether oxygens (including phenoxy) is 1. The van der Waals surface area contributed by atoms with Crippen molar-refractivity contribution in [2.75, 3.05) is 20.2 Å². The number of aromatic nitrogens is 1. The summed E-state index contributed by atoms with van der Waals surface area (Å²) in [5, 5.41) is 16.4. The van der Waals surface area contributed by atoms with Crippen LogP contribution in [0.25, 0.3) is 10.9 Å². The summed E-state index contributed by atoms with van der Waals surface area (Å²) in [4.78, 5) is 15.0. The number of hydrogen-bond donors (Lipinski definition) is 4. The predicted molar refractivity (Wildman–Crippen MR) is 95.4 cm³/mol. The maximum Gasteiger partial charge on any atom is 0.314 e. The summed E-state index contributed by atoms with van der Waals surface area (Å²) < 4.78 is 5.41. The summed E-state index contributed by atoms with van der Waals surface area (Å²) >= 11 is 0. The Labute approximate surface area is 142 Å². The van der Waals surface area contributed by atoms with Crippen LogP contribution in [0.15, 0.2) is 24.4 Å². The number of methoxy groups -OCH3 is 1. The Hall–Kier alpha value is -2.21. The highest BCUT2D eigenvalue weighted by Crippen LogP contribution is 2.28. The number of hydrogen-bond acceptors (Lipinski definition) is 3. The van der Waals surface area contributed by atoms with Gasteiger partial charge in [0.25, 0.3) is 0 Å². The predicted octanol–water partition coefficient (Wildman–Crippen LogP) is 2.43. The van der Waals surface area contributed by atoms with Crippen molar-refractivity contribution >= 4 is 16.9 Å². The number of nitrogens with one attached hydrogen (secondary N) is 3. The molecule has 0 spiro atoms. The molecule has 1 aromatic carbocycles. The van der Waals surface area contributed by atoms with E-state index in [4.69, 9.17) is 4.74 Å². The van der Waals surface area contributed by atoms with Gasteiger partial charge in [0.05, 0.1) is 13.2 Å². The highest BCUT2D eigenvalue weighted by atomic mass is 16.5. The third-order valence-electron chi connectivity index (χ3n) is 4.14. The number of amides is 2. The number of carbonyl (C=O) groups is 1. The first-order valence-corrected chi connectivity index (χ1v) is 8.35. The third-order valence-corrected chi connectivity index (χ3v) is 4.14. The average molecular weight is 333 g/mol. The van der Waals surface area contributed by atoms with E-state index in [0.29, 0.717) is 25.9 Å². The van der Waals surface area contributed by atoms with Crippen LogP contribution in [-0.4, -0.2) is 42.4 Å². The highest BCUT2D eigenvalue weighted by molar-refractivity contribution is 5.89. The molecule has 132 valence electrons. The summed E-state index contributed by atoms with van der Waals surface area (Å²) in [6.45, 7) is 4.91. The second-order valence-corrected chi connectivity index (χ2v) is 6.23. The minimum absolute atomic E-state index is 0.201. The summed E-state index contributed by atoms with van der Waals surface area (Å²) in [5.41, 5.74) is 2.13. The van der Waals surface area contributed by atoms with Gasteiger partial charge in [-0.15, -0.1) is 0 Å². The maximum absolute atomic E-state index is 11.8. The smallest absolute Gasteiger partial charge is 0.314 e. The average Bonchev–Trinajstić information content (AvgIpc) is 2.98. The number of urea groups is 1. The van der Waals surface area contributed by atoms with Crippen molar-refractivity contribution < 1.29 is 14.6 Å². The van der Waals surface area contributed by atoms with Gasteiger partial charge in [-0.2, -0.15) is 0 Å². The van der Waals surface area contributed by atoms with Crippen molar-refractivity contribution in [1.29, 1.82) is 0 Å². The fourth-order valence-electron chi connectivity index (χ4n) is 2.63. The van der Waals surface area contributed by atoms with Gasteiger partial charge in [0, 0.05) is 30.2 Å². The van der Waals surface area contributed by atoms with Crippen molar-refractivity contribution in [2.45, 2.75) is 32.8 Å². The largest absolute Gasteiger partial charge is 0.496 e. The first-order valence-electron chi connectivity index (χ1n) is 8.35. The van der Waals surface area contributed by atoms with Crippen molar-refractivity contribution in [3.63, 3.8) is 0 Å². The molecule has 2 rings (SSSR count). The van der Waals surface area contributed by atoms with Crippen LogP contribution in [0, 0.1) is 5.92 Å². The summed E-state index contributed by atoms with van der Waals surface area (Å²) in [7, 11) is 1.66. The van der Waals surface area contributed by atoms with Gasteiger partial charge in [0.15, 0.2) is 0 Å². The Morgan fingerprint density at radius 3 is 2.75 bits per heavy atom. The first-order chi connectivity index (χ1) is 11.5. The third kappa shape index (κ3) is 4.64. The molecular formula is C18H27N3O3. The lowest BCUT2D eigenvalue weighted by Gasteiger charge is -2.14. The van der Waals surface area contributed by atoms with E-state index in [2.05, 4.69) is 15.6 Å². The molecular weight excluding hydrogens is 306 g/mol. The van der Waals surface area contributed by atoms with Crippen LogP contribution in [-0.2, 0) is 6.42 Å². The van der Waals surface area contributed by atoms with Crippen LogP contribution in [0.2, 0.25) is 0 Å². The summed E-state index contributed by atoms with van der Waals surface area (Å²) in [6, 6.07) is 5.66. The van der Waals surface area contributed by atoms with Gasteiger partial charge < -0.3 is 25.5 Å². The molecule has 0 aliphatic carbocycles. The number of rotatable bonds is 8. The topological polar surface area (TPSA) is 86.4 Å². The normalized spacial score (nSPS) is 12.4. The minimum atomic E-state index is -0.385. The molecule has 0 saturated heterocycles. The summed E-state index contributed by atoms with van der Waals surface area (Å²) in [6.07, 6.45) is 2.84. The SMILES string of the molecule is COc1cccc2[nH]cc(CCNC(=O)NCCC(O)C(C)C)c12. The molecule has 1 aromatic heterocycles. The van der Waals surface area contributed by atoms with E-state index in [-0.39, 0.29) is 18.1 Å². The summed E-state index contributed by atoms with van der Waals surface area (Å²) in [5.74, 6) is 1.03. The Bertz CT molecular complexity index is 667. The van der Waals surface area contributed by atoms with Gasteiger partial charge in [0.1, 0.15) is 5.75 Å². The molecule has 0 radical (unpaired) electrons. The quantitative estimate of drug-likeness (QED) is 0.598. The number of aliphatic hydroxyl groups is 1. The fourth-order valence-corrected chi connectivity index (χ4v) is 2.63. The maximum atomic E-state index is 11.8. The van der Waals surface area contributed by atoms with E-state index in [1.165, 1.54) is 0 Å². The number of carbonyl (C=O) groups excluding carboxylic acids is 1. The number of aromatic amines is 1. The van der Waals surface area contributed by atoms with Gasteiger partial charge in [0.2, 0.25) is 0 Å². The lowest BCUT2D eigenvalue weighted by atomic mass is 10.0. The minimum Gasteiger partial charge on any atom is -0.496 e. The van der Waals surface area contributed by atoms with Crippen molar-refractivity contribution in [1.82, 2.24) is 15.6 Å². The van der Waals surface area contributed by atoms with Crippen LogP contribution in [0.4, 0.5) is 4.79 Å². The first kappa shape index (κ1) is 18.1. The molecule has 1 atom stereocenters. The Morgan fingerprint density at radius 2 is 2.04 bits per heavy atom. The van der Waals surface area contributed by atoms with E-state index < -0.39 is 0 Å². The molecule has 2 amide bonds. The molecule has 6 nitrogen and oxygen atoms in total. The molecule has 0 aliphatic heterocycles. The molecule has 6 heteroatoms. The van der Waals surface area contributed by atoms with Gasteiger partial charge in [-0.25, -0.2) is 4.79 Å². The zero-order valence-electron chi connectivity index (χ0n) is 14.6. The van der Waals surface area contributed by atoms with Crippen LogP contribution in [0.5, 0.6) is 5.75 Å². The Kier molecular flexibility index (Phi) is 6.49. The molecule has 0 bridgehead atoms. The van der Waals surface area contributed by atoms with Gasteiger partial charge in [-0.1, -0.05) is 19.9 Å². The fraction of sp³-hybridized carbons (Fsp3) is 0.500. The van der Waals surface area contributed by atoms with E-state index >= 15 is 0 Å². The van der Waals surface area contributed by atoms with Crippen molar-refractivity contribution in [3.05, 3.63) is 30.0 Å². The molecule has 4 N–H and O–H groups in total. The van der Waals surface area contributed by atoms with Crippen molar-refractivity contribution in [2.24, 2.45) is 5.92 Å². The molecule has 24 heavy (non-hydrogen) atoms. The number of benzene rings is 1. The van der Waals surface area contributed by atoms with Gasteiger partial charge in [-0.3, -0.25) is 0 Å². The van der Waals surface area contributed by atoms with E-state index in [1.54, 1.807) is 7.11 Å². The lowest BCUT2D eigenvalue weighted by molar-refractivity contribution is 0.116. The van der Waals surface area contributed by atoms with Crippen LogP contribution in [0.3, 0.4) is 0 Å². The Morgan fingerprint density at radius 1 is 1.29 bits per heavy atom. The molecule has 1 heterocycles. The van der Waals surface area contributed by atoms with Crippen LogP contribution >= 0.6 is 0 Å². The van der Waals surface area contributed by atoms with E-state index in [9.17, 15) is 9.90 Å². The molecule has 0 aliphatic rings. The number of fused-ring (bicyclic) bond motifs is 1. The van der Waals surface area contributed by atoms with Crippen LogP contribution in [0.1, 0.15) is 25.8 Å². The van der Waals surface area contributed by atoms with E-state index in [0.717, 1.165) is 22.2 Å².